The average Bonchev–Trinajstić information content (AvgIpc) is 2.52. The number of hydrogen-bond acceptors (Lipinski definition) is 5. The number of anilines is 1. The fraction of sp³-hybridized carbons (Fsp3) is 0.688. The second-order valence-corrected chi connectivity index (χ2v) is 5.08. The van der Waals surface area contributed by atoms with Crippen LogP contribution in [0.3, 0.4) is 0 Å². The van der Waals surface area contributed by atoms with Gasteiger partial charge in [-0.2, -0.15) is 0 Å². The molecular formula is C16H29N3O2. The maximum absolute atomic E-state index is 9.27. The molecule has 0 aliphatic carbocycles. The van der Waals surface area contributed by atoms with E-state index >= 15 is 0 Å². The van der Waals surface area contributed by atoms with Gasteiger partial charge >= 0.3 is 0 Å². The molecule has 0 unspecified atom stereocenters. The first-order chi connectivity index (χ1) is 10.3. The van der Waals surface area contributed by atoms with E-state index in [0.717, 1.165) is 37.3 Å². The van der Waals surface area contributed by atoms with Gasteiger partial charge in [-0.25, -0.2) is 4.98 Å². The topological polar surface area (TPSA) is 57.6 Å². The van der Waals surface area contributed by atoms with Crippen LogP contribution >= 0.6 is 0 Å². The molecule has 0 aromatic carbocycles. The zero-order valence-electron chi connectivity index (χ0n) is 13.5. The molecule has 120 valence electrons. The SMILES string of the molecule is CCC(CC)N(CCO)c1ccc(CNCCOC)cn1. The molecule has 0 saturated heterocycles. The van der Waals surface area contributed by atoms with Crippen LogP contribution in [0.4, 0.5) is 5.82 Å². The Hall–Kier alpha value is -1.17. The molecule has 0 spiro atoms. The van der Waals surface area contributed by atoms with Crippen molar-refractivity contribution in [2.45, 2.75) is 39.3 Å². The van der Waals surface area contributed by atoms with Crippen LogP contribution in [0.1, 0.15) is 32.3 Å². The normalized spacial score (nSPS) is 11.1. The summed E-state index contributed by atoms with van der Waals surface area (Å²) in [5, 5.41) is 12.6. The molecule has 0 fully saturated rings. The van der Waals surface area contributed by atoms with Crippen molar-refractivity contribution in [3.8, 4) is 0 Å². The van der Waals surface area contributed by atoms with Crippen LogP contribution in [0.2, 0.25) is 0 Å². The van der Waals surface area contributed by atoms with Crippen molar-refractivity contribution in [2.75, 3.05) is 38.3 Å². The molecule has 5 nitrogen and oxygen atoms in total. The summed E-state index contributed by atoms with van der Waals surface area (Å²) >= 11 is 0. The highest BCUT2D eigenvalue weighted by Gasteiger charge is 2.16. The predicted octanol–water partition coefficient (Wildman–Crippen LogP) is 1.80. The van der Waals surface area contributed by atoms with Gasteiger partial charge in [0.1, 0.15) is 5.82 Å². The predicted molar refractivity (Wildman–Crippen MR) is 86.6 cm³/mol. The molecule has 1 aromatic heterocycles. The molecule has 0 aliphatic rings. The van der Waals surface area contributed by atoms with Crippen molar-refractivity contribution in [1.82, 2.24) is 10.3 Å². The van der Waals surface area contributed by atoms with Gasteiger partial charge in [0.05, 0.1) is 13.2 Å². The summed E-state index contributed by atoms with van der Waals surface area (Å²) in [6.45, 7) is 7.47. The van der Waals surface area contributed by atoms with E-state index in [1.165, 1.54) is 0 Å². The molecule has 1 rings (SSSR count). The number of ether oxygens (including phenoxy) is 1. The number of methoxy groups -OCH3 is 1. The minimum Gasteiger partial charge on any atom is -0.395 e. The van der Waals surface area contributed by atoms with E-state index in [1.54, 1.807) is 7.11 Å². The lowest BCUT2D eigenvalue weighted by Gasteiger charge is -2.31. The Labute approximate surface area is 128 Å². The van der Waals surface area contributed by atoms with Gasteiger partial charge in [0.2, 0.25) is 0 Å². The lowest BCUT2D eigenvalue weighted by molar-refractivity contribution is 0.199. The molecule has 5 heteroatoms. The van der Waals surface area contributed by atoms with E-state index in [9.17, 15) is 5.11 Å². The maximum Gasteiger partial charge on any atom is 0.128 e. The summed E-state index contributed by atoms with van der Waals surface area (Å²) in [4.78, 5) is 6.75. The Morgan fingerprint density at radius 3 is 2.62 bits per heavy atom. The standard InChI is InChI=1S/C16H29N3O2/c1-4-15(5-2)19(9-10-20)16-7-6-14(13-18-16)12-17-8-11-21-3/h6-7,13,15,17,20H,4-5,8-12H2,1-3H3. The number of rotatable bonds is 11. The van der Waals surface area contributed by atoms with E-state index in [-0.39, 0.29) is 6.61 Å². The van der Waals surface area contributed by atoms with Gasteiger partial charge in [-0.15, -0.1) is 0 Å². The van der Waals surface area contributed by atoms with Crippen LogP contribution in [0, 0.1) is 0 Å². The Morgan fingerprint density at radius 2 is 2.10 bits per heavy atom. The first-order valence-corrected chi connectivity index (χ1v) is 7.78. The van der Waals surface area contributed by atoms with Gasteiger partial charge in [-0.1, -0.05) is 19.9 Å². The van der Waals surface area contributed by atoms with Gasteiger partial charge in [0.25, 0.3) is 0 Å². The smallest absolute Gasteiger partial charge is 0.128 e. The number of pyridine rings is 1. The zero-order valence-corrected chi connectivity index (χ0v) is 13.5. The highest BCUT2D eigenvalue weighted by Crippen LogP contribution is 2.18. The number of aromatic nitrogens is 1. The number of nitrogens with one attached hydrogen (secondary N) is 1. The van der Waals surface area contributed by atoms with Gasteiger partial charge in [0.15, 0.2) is 0 Å². The van der Waals surface area contributed by atoms with Gasteiger partial charge in [-0.3, -0.25) is 0 Å². The third kappa shape index (κ3) is 5.99. The monoisotopic (exact) mass is 295 g/mol. The number of hydrogen-bond donors (Lipinski definition) is 2. The Morgan fingerprint density at radius 1 is 1.33 bits per heavy atom. The Kier molecular flexibility index (Phi) is 8.98. The molecule has 21 heavy (non-hydrogen) atoms. The van der Waals surface area contributed by atoms with Gasteiger partial charge in [-0.05, 0) is 24.5 Å². The van der Waals surface area contributed by atoms with Crippen LogP contribution in [-0.2, 0) is 11.3 Å². The van der Waals surface area contributed by atoms with E-state index < -0.39 is 0 Å². The summed E-state index contributed by atoms with van der Waals surface area (Å²) in [7, 11) is 1.70. The van der Waals surface area contributed by atoms with Crippen molar-refractivity contribution in [3.63, 3.8) is 0 Å². The average molecular weight is 295 g/mol. The minimum absolute atomic E-state index is 0.151. The lowest BCUT2D eigenvalue weighted by atomic mass is 10.1. The molecule has 0 bridgehead atoms. The summed E-state index contributed by atoms with van der Waals surface area (Å²) in [6.07, 6.45) is 4.01. The molecule has 1 heterocycles. The molecule has 2 N–H and O–H groups in total. The number of aliphatic hydroxyl groups excluding tert-OH is 1. The zero-order chi connectivity index (χ0) is 15.5. The third-order valence-electron chi connectivity index (χ3n) is 3.64. The van der Waals surface area contributed by atoms with Crippen molar-refractivity contribution >= 4 is 5.82 Å². The molecule has 0 atom stereocenters. The second kappa shape index (κ2) is 10.5. The molecule has 0 radical (unpaired) electrons. The maximum atomic E-state index is 9.27. The van der Waals surface area contributed by atoms with E-state index in [0.29, 0.717) is 19.2 Å². The Balaban J connectivity index is 2.64. The molecule has 1 aromatic rings. The van der Waals surface area contributed by atoms with Crippen LogP contribution in [0.25, 0.3) is 0 Å². The summed E-state index contributed by atoms with van der Waals surface area (Å²) in [6, 6.07) is 4.56. The summed E-state index contributed by atoms with van der Waals surface area (Å²) in [5.74, 6) is 0.943. The molecular weight excluding hydrogens is 266 g/mol. The first kappa shape index (κ1) is 17.9. The number of nitrogens with zero attached hydrogens (tertiary/aromatic N) is 2. The van der Waals surface area contributed by atoms with Gasteiger partial charge < -0.3 is 20.1 Å². The van der Waals surface area contributed by atoms with Crippen LogP contribution in [0.15, 0.2) is 18.3 Å². The minimum atomic E-state index is 0.151. The molecule has 0 amide bonds. The lowest BCUT2D eigenvalue weighted by Crippen LogP contribution is -2.37. The van der Waals surface area contributed by atoms with Crippen LogP contribution in [-0.4, -0.2) is 49.5 Å². The van der Waals surface area contributed by atoms with Crippen molar-refractivity contribution in [2.24, 2.45) is 0 Å². The first-order valence-electron chi connectivity index (χ1n) is 7.78. The highest BCUT2D eigenvalue weighted by molar-refractivity contribution is 5.40. The number of aliphatic hydroxyl groups is 1. The van der Waals surface area contributed by atoms with Crippen molar-refractivity contribution < 1.29 is 9.84 Å². The van der Waals surface area contributed by atoms with E-state index in [1.807, 2.05) is 12.3 Å². The largest absolute Gasteiger partial charge is 0.395 e. The highest BCUT2D eigenvalue weighted by atomic mass is 16.5. The quantitative estimate of drug-likeness (QED) is 0.610. The summed E-state index contributed by atoms with van der Waals surface area (Å²) in [5.41, 5.74) is 1.16. The Bertz CT molecular complexity index is 366. The van der Waals surface area contributed by atoms with Crippen molar-refractivity contribution in [3.05, 3.63) is 23.9 Å². The third-order valence-corrected chi connectivity index (χ3v) is 3.64. The van der Waals surface area contributed by atoms with Gasteiger partial charge in [0, 0.05) is 39.0 Å². The van der Waals surface area contributed by atoms with Crippen molar-refractivity contribution in [1.29, 1.82) is 0 Å². The van der Waals surface area contributed by atoms with E-state index in [4.69, 9.17) is 4.74 Å². The summed E-state index contributed by atoms with van der Waals surface area (Å²) < 4.78 is 5.00. The fourth-order valence-corrected chi connectivity index (χ4v) is 2.42. The molecule has 0 aliphatic heterocycles. The molecule has 0 saturated carbocycles. The van der Waals surface area contributed by atoms with E-state index in [2.05, 4.69) is 35.1 Å². The fourth-order valence-electron chi connectivity index (χ4n) is 2.42. The van der Waals surface area contributed by atoms with Crippen LogP contribution < -0.4 is 10.2 Å². The van der Waals surface area contributed by atoms with Crippen LogP contribution in [0.5, 0.6) is 0 Å². The second-order valence-electron chi connectivity index (χ2n) is 5.08.